The Morgan fingerprint density at radius 1 is 1.47 bits per heavy atom. The fourth-order valence-electron chi connectivity index (χ4n) is 2.20. The van der Waals surface area contributed by atoms with Crippen molar-refractivity contribution in [1.29, 1.82) is 0 Å². The van der Waals surface area contributed by atoms with Crippen molar-refractivity contribution >= 4 is 18.5 Å². The van der Waals surface area contributed by atoms with Gasteiger partial charge in [-0.25, -0.2) is 4.79 Å². The van der Waals surface area contributed by atoms with Crippen LogP contribution in [0.25, 0.3) is 0 Å². The molecule has 0 bridgehead atoms. The molecule has 2 heterocycles. The second-order valence-corrected chi connectivity index (χ2v) is 5.79. The van der Waals surface area contributed by atoms with E-state index in [2.05, 4.69) is 0 Å². The molecule has 1 unspecified atom stereocenters. The molecular weight excluding hydrogens is 244 g/mol. The molecule has 2 aliphatic rings. The molecule has 17 heavy (non-hydrogen) atoms. The number of likely N-dealkylation sites (tertiary alicyclic amines) is 1. The fourth-order valence-corrected chi connectivity index (χ4v) is 2.20. The van der Waals surface area contributed by atoms with E-state index >= 15 is 0 Å². The van der Waals surface area contributed by atoms with Gasteiger partial charge in [0.15, 0.2) is 0 Å². The number of hydrogen-bond acceptors (Lipinski definition) is 4. The fraction of sp³-hybridized carbons (Fsp3) is 0.909. The zero-order valence-corrected chi connectivity index (χ0v) is 11.4. The van der Waals surface area contributed by atoms with Gasteiger partial charge in [0.2, 0.25) is 0 Å². The molecule has 5 nitrogen and oxygen atoms in total. The van der Waals surface area contributed by atoms with Crippen LogP contribution < -0.4 is 5.73 Å². The van der Waals surface area contributed by atoms with Crippen LogP contribution in [0.2, 0.25) is 0 Å². The zero-order chi connectivity index (χ0) is 12.0. The molecule has 100 valence electrons. The van der Waals surface area contributed by atoms with Crippen LogP contribution in [0.3, 0.4) is 0 Å². The van der Waals surface area contributed by atoms with Gasteiger partial charge in [0.05, 0.1) is 19.7 Å². The van der Waals surface area contributed by atoms with E-state index in [-0.39, 0.29) is 30.1 Å². The predicted octanol–water partition coefficient (Wildman–Crippen LogP) is 1.15. The lowest BCUT2D eigenvalue weighted by atomic mass is 9.90. The first-order valence-electron chi connectivity index (χ1n) is 5.67. The van der Waals surface area contributed by atoms with Gasteiger partial charge in [0.1, 0.15) is 11.2 Å². The minimum Gasteiger partial charge on any atom is -0.444 e. The molecule has 0 aromatic heterocycles. The average molecular weight is 265 g/mol. The van der Waals surface area contributed by atoms with Crippen LogP contribution in [-0.4, -0.2) is 47.9 Å². The molecule has 2 rings (SSSR count). The van der Waals surface area contributed by atoms with Crippen molar-refractivity contribution in [2.75, 3.05) is 19.7 Å². The van der Waals surface area contributed by atoms with Gasteiger partial charge in [0, 0.05) is 6.04 Å². The highest BCUT2D eigenvalue weighted by atomic mass is 35.5. The van der Waals surface area contributed by atoms with Gasteiger partial charge in [-0.15, -0.1) is 12.4 Å². The van der Waals surface area contributed by atoms with E-state index in [9.17, 15) is 4.79 Å². The third-order valence-corrected chi connectivity index (χ3v) is 2.85. The second kappa shape index (κ2) is 4.63. The van der Waals surface area contributed by atoms with Gasteiger partial charge < -0.3 is 20.1 Å². The first-order chi connectivity index (χ1) is 7.30. The van der Waals surface area contributed by atoms with E-state index in [1.165, 1.54) is 0 Å². The Bertz CT molecular complexity index is 298. The van der Waals surface area contributed by atoms with Crippen molar-refractivity contribution < 1.29 is 14.3 Å². The summed E-state index contributed by atoms with van der Waals surface area (Å²) in [5.41, 5.74) is 5.16. The maximum Gasteiger partial charge on any atom is 0.410 e. The highest BCUT2D eigenvalue weighted by Crippen LogP contribution is 2.35. The Morgan fingerprint density at radius 3 is 2.47 bits per heavy atom. The molecule has 0 saturated carbocycles. The smallest absolute Gasteiger partial charge is 0.410 e. The van der Waals surface area contributed by atoms with Crippen LogP contribution in [0, 0.1) is 0 Å². The lowest BCUT2D eigenvalue weighted by Crippen LogP contribution is -2.64. The van der Waals surface area contributed by atoms with Gasteiger partial charge in [-0.3, -0.25) is 0 Å². The summed E-state index contributed by atoms with van der Waals surface area (Å²) in [6.07, 6.45) is 0.578. The van der Waals surface area contributed by atoms with Gasteiger partial charge in [-0.2, -0.15) is 0 Å². The maximum atomic E-state index is 11.7. The molecular formula is C11H21ClN2O3. The first kappa shape index (κ1) is 14.5. The molecule has 2 saturated heterocycles. The molecule has 2 N–H and O–H groups in total. The van der Waals surface area contributed by atoms with Crippen molar-refractivity contribution in [1.82, 2.24) is 4.90 Å². The number of ether oxygens (including phenoxy) is 2. The van der Waals surface area contributed by atoms with Crippen LogP contribution in [0.15, 0.2) is 0 Å². The van der Waals surface area contributed by atoms with Crippen LogP contribution in [0.4, 0.5) is 4.79 Å². The van der Waals surface area contributed by atoms with Crippen molar-refractivity contribution in [2.24, 2.45) is 5.73 Å². The zero-order valence-electron chi connectivity index (χ0n) is 10.6. The highest BCUT2D eigenvalue weighted by Gasteiger charge is 2.51. The average Bonchev–Trinajstić information content (AvgIpc) is 2.41. The summed E-state index contributed by atoms with van der Waals surface area (Å²) in [5.74, 6) is 0. The summed E-state index contributed by atoms with van der Waals surface area (Å²) in [7, 11) is 0. The number of halogens is 1. The predicted molar refractivity (Wildman–Crippen MR) is 66.3 cm³/mol. The summed E-state index contributed by atoms with van der Waals surface area (Å²) in [5, 5.41) is 0. The highest BCUT2D eigenvalue weighted by molar-refractivity contribution is 5.85. The number of carbonyl (C=O) groups is 1. The number of nitrogens with two attached hydrogens (primary N) is 1. The van der Waals surface area contributed by atoms with Gasteiger partial charge >= 0.3 is 6.09 Å². The standard InChI is InChI=1S/C11H20N2O3.ClH/c1-10(2,3)16-9(14)13-6-11(7-13)4-8(12)5-15-11;/h8H,4-7,12H2,1-3H3;1H. The summed E-state index contributed by atoms with van der Waals surface area (Å²) in [6.45, 7) is 7.40. The Kier molecular flexibility index (Phi) is 3.96. The van der Waals surface area contributed by atoms with Crippen molar-refractivity contribution in [3.8, 4) is 0 Å². The molecule has 2 aliphatic heterocycles. The van der Waals surface area contributed by atoms with E-state index in [0.29, 0.717) is 19.7 Å². The first-order valence-corrected chi connectivity index (χ1v) is 5.67. The molecule has 0 aromatic rings. The van der Waals surface area contributed by atoms with E-state index in [1.807, 2.05) is 20.8 Å². The van der Waals surface area contributed by atoms with Crippen LogP contribution in [0.1, 0.15) is 27.2 Å². The Labute approximate surface area is 108 Å². The van der Waals surface area contributed by atoms with E-state index in [0.717, 1.165) is 6.42 Å². The summed E-state index contributed by atoms with van der Waals surface area (Å²) < 4.78 is 10.9. The summed E-state index contributed by atoms with van der Waals surface area (Å²) in [6, 6.07) is 0.112. The number of hydrogen-bond donors (Lipinski definition) is 1. The molecule has 1 spiro atoms. The van der Waals surface area contributed by atoms with E-state index in [1.54, 1.807) is 4.90 Å². The van der Waals surface area contributed by atoms with Crippen LogP contribution in [-0.2, 0) is 9.47 Å². The number of rotatable bonds is 0. The Hall–Kier alpha value is -0.520. The minimum atomic E-state index is -0.438. The van der Waals surface area contributed by atoms with E-state index in [4.69, 9.17) is 15.2 Å². The van der Waals surface area contributed by atoms with Crippen LogP contribution >= 0.6 is 12.4 Å². The summed E-state index contributed by atoms with van der Waals surface area (Å²) >= 11 is 0. The second-order valence-electron chi connectivity index (χ2n) is 5.79. The monoisotopic (exact) mass is 264 g/mol. The molecule has 0 aromatic carbocycles. The Morgan fingerprint density at radius 2 is 2.06 bits per heavy atom. The molecule has 0 aliphatic carbocycles. The van der Waals surface area contributed by atoms with Crippen LogP contribution in [0.5, 0.6) is 0 Å². The molecule has 1 atom stereocenters. The normalized spacial score (nSPS) is 26.4. The number of carbonyl (C=O) groups excluding carboxylic acids is 1. The number of amides is 1. The largest absolute Gasteiger partial charge is 0.444 e. The van der Waals surface area contributed by atoms with Gasteiger partial charge in [-0.05, 0) is 27.2 Å². The SMILES string of the molecule is CC(C)(C)OC(=O)N1CC2(CC(N)CO2)C1.Cl. The lowest BCUT2D eigenvalue weighted by Gasteiger charge is -2.46. The molecule has 2 fully saturated rings. The summed E-state index contributed by atoms with van der Waals surface area (Å²) in [4.78, 5) is 13.3. The number of nitrogens with zero attached hydrogens (tertiary/aromatic N) is 1. The Balaban J connectivity index is 0.00000144. The quantitative estimate of drug-likeness (QED) is 0.713. The van der Waals surface area contributed by atoms with E-state index < -0.39 is 5.60 Å². The molecule has 0 radical (unpaired) electrons. The molecule has 6 heteroatoms. The third-order valence-electron chi connectivity index (χ3n) is 2.85. The van der Waals surface area contributed by atoms with Gasteiger partial charge in [-0.1, -0.05) is 0 Å². The van der Waals surface area contributed by atoms with Crippen molar-refractivity contribution in [3.05, 3.63) is 0 Å². The third kappa shape index (κ3) is 3.24. The topological polar surface area (TPSA) is 64.8 Å². The molecule has 1 amide bonds. The maximum absolute atomic E-state index is 11.7. The van der Waals surface area contributed by atoms with Crippen molar-refractivity contribution in [2.45, 2.75) is 44.4 Å². The lowest BCUT2D eigenvalue weighted by molar-refractivity contribution is -0.109. The van der Waals surface area contributed by atoms with Gasteiger partial charge in [0.25, 0.3) is 0 Å². The van der Waals surface area contributed by atoms with Crippen molar-refractivity contribution in [3.63, 3.8) is 0 Å². The minimum absolute atomic E-state index is 0.